The molecule has 3 nitrogen and oxygen atoms in total. The van der Waals surface area contributed by atoms with Gasteiger partial charge in [0.15, 0.2) is 0 Å². The number of hydrogen-bond donors (Lipinski definition) is 2. The fourth-order valence-electron chi connectivity index (χ4n) is 2.55. The van der Waals surface area contributed by atoms with Gasteiger partial charge >= 0.3 is 0 Å². The summed E-state index contributed by atoms with van der Waals surface area (Å²) in [6, 6.07) is 8.75. The normalized spacial score (nSPS) is 23.0. The van der Waals surface area contributed by atoms with Gasteiger partial charge in [0.2, 0.25) is 5.91 Å². The van der Waals surface area contributed by atoms with Crippen LogP contribution in [-0.4, -0.2) is 25.0 Å². The van der Waals surface area contributed by atoms with Crippen LogP contribution in [0.1, 0.15) is 24.5 Å². The monoisotopic (exact) mass is 246 g/mol. The summed E-state index contributed by atoms with van der Waals surface area (Å²) in [4.78, 5) is 12.0. The SMILES string of the molecule is Cc1cccc(CCNC(=O)C2CCNC2C)c1. The molecule has 2 rings (SSSR count). The minimum atomic E-state index is 0.141. The van der Waals surface area contributed by atoms with Gasteiger partial charge in [0, 0.05) is 12.6 Å². The molecular formula is C15H22N2O. The quantitative estimate of drug-likeness (QED) is 0.848. The molecule has 1 aliphatic heterocycles. The Morgan fingerprint density at radius 1 is 1.50 bits per heavy atom. The molecule has 2 N–H and O–H groups in total. The van der Waals surface area contributed by atoms with Crippen molar-refractivity contribution in [3.8, 4) is 0 Å². The van der Waals surface area contributed by atoms with Crippen LogP contribution in [0.3, 0.4) is 0 Å². The van der Waals surface area contributed by atoms with E-state index in [0.717, 1.165) is 25.9 Å². The maximum Gasteiger partial charge on any atom is 0.224 e. The van der Waals surface area contributed by atoms with Gasteiger partial charge in [0.1, 0.15) is 0 Å². The summed E-state index contributed by atoms with van der Waals surface area (Å²) in [6.45, 7) is 5.86. The molecule has 0 bridgehead atoms. The zero-order chi connectivity index (χ0) is 13.0. The molecule has 0 radical (unpaired) electrons. The van der Waals surface area contributed by atoms with Gasteiger partial charge in [0.25, 0.3) is 0 Å². The van der Waals surface area contributed by atoms with Crippen molar-refractivity contribution in [2.45, 2.75) is 32.7 Å². The molecule has 1 heterocycles. The third-order valence-electron chi connectivity index (χ3n) is 3.66. The topological polar surface area (TPSA) is 41.1 Å². The standard InChI is InChI=1S/C15H22N2O/c1-11-4-3-5-13(10-11)6-8-17-15(18)14-7-9-16-12(14)2/h3-5,10,12,14,16H,6-9H2,1-2H3,(H,17,18). The molecule has 1 aliphatic rings. The molecular weight excluding hydrogens is 224 g/mol. The van der Waals surface area contributed by atoms with Crippen molar-refractivity contribution in [3.05, 3.63) is 35.4 Å². The van der Waals surface area contributed by atoms with Gasteiger partial charge < -0.3 is 10.6 Å². The highest BCUT2D eigenvalue weighted by atomic mass is 16.1. The Hall–Kier alpha value is -1.35. The Morgan fingerprint density at radius 3 is 3.00 bits per heavy atom. The van der Waals surface area contributed by atoms with Crippen LogP contribution in [0.15, 0.2) is 24.3 Å². The van der Waals surface area contributed by atoms with E-state index in [9.17, 15) is 4.79 Å². The van der Waals surface area contributed by atoms with Crippen molar-refractivity contribution in [1.29, 1.82) is 0 Å². The first-order chi connectivity index (χ1) is 8.66. The smallest absolute Gasteiger partial charge is 0.224 e. The van der Waals surface area contributed by atoms with Crippen LogP contribution in [0.2, 0.25) is 0 Å². The lowest BCUT2D eigenvalue weighted by atomic mass is 10.0. The van der Waals surface area contributed by atoms with Gasteiger partial charge in [0.05, 0.1) is 5.92 Å². The first-order valence-corrected chi connectivity index (χ1v) is 6.73. The van der Waals surface area contributed by atoms with Crippen LogP contribution in [0.4, 0.5) is 0 Å². The lowest BCUT2D eigenvalue weighted by Gasteiger charge is -2.14. The summed E-state index contributed by atoms with van der Waals surface area (Å²) in [7, 11) is 0. The number of hydrogen-bond acceptors (Lipinski definition) is 2. The molecule has 1 amide bonds. The minimum absolute atomic E-state index is 0.141. The van der Waals surface area contributed by atoms with Gasteiger partial charge in [-0.25, -0.2) is 0 Å². The highest BCUT2D eigenvalue weighted by Gasteiger charge is 2.28. The number of amides is 1. The average Bonchev–Trinajstić information content (AvgIpc) is 2.75. The molecule has 3 heteroatoms. The van der Waals surface area contributed by atoms with Crippen LogP contribution in [0.5, 0.6) is 0 Å². The first-order valence-electron chi connectivity index (χ1n) is 6.73. The Labute approximate surface area is 109 Å². The molecule has 2 atom stereocenters. The van der Waals surface area contributed by atoms with Gasteiger partial charge in [-0.2, -0.15) is 0 Å². The molecule has 98 valence electrons. The second-order valence-corrected chi connectivity index (χ2v) is 5.17. The summed E-state index contributed by atoms with van der Waals surface area (Å²) >= 11 is 0. The summed E-state index contributed by atoms with van der Waals surface area (Å²) in [6.07, 6.45) is 1.86. The molecule has 0 spiro atoms. The van der Waals surface area contributed by atoms with E-state index in [1.54, 1.807) is 0 Å². The second kappa shape index (κ2) is 6.01. The molecule has 0 saturated carbocycles. The third-order valence-corrected chi connectivity index (χ3v) is 3.66. The molecule has 2 unspecified atom stereocenters. The van der Waals surface area contributed by atoms with Crippen molar-refractivity contribution in [3.63, 3.8) is 0 Å². The number of carbonyl (C=O) groups is 1. The molecule has 18 heavy (non-hydrogen) atoms. The summed E-state index contributed by atoms with van der Waals surface area (Å²) < 4.78 is 0. The third kappa shape index (κ3) is 3.33. The second-order valence-electron chi connectivity index (χ2n) is 5.17. The highest BCUT2D eigenvalue weighted by Crippen LogP contribution is 2.14. The van der Waals surface area contributed by atoms with E-state index >= 15 is 0 Å². The Morgan fingerprint density at radius 2 is 2.33 bits per heavy atom. The number of rotatable bonds is 4. The van der Waals surface area contributed by atoms with Gasteiger partial charge in [-0.05, 0) is 38.8 Å². The number of carbonyl (C=O) groups excluding carboxylic acids is 1. The fourth-order valence-corrected chi connectivity index (χ4v) is 2.55. The average molecular weight is 246 g/mol. The predicted octanol–water partition coefficient (Wildman–Crippen LogP) is 1.65. The lowest BCUT2D eigenvalue weighted by molar-refractivity contribution is -0.125. The minimum Gasteiger partial charge on any atom is -0.355 e. The molecule has 1 fully saturated rings. The van der Waals surface area contributed by atoms with Crippen molar-refractivity contribution >= 4 is 5.91 Å². The summed E-state index contributed by atoms with van der Waals surface area (Å²) in [5.41, 5.74) is 2.56. The first kappa shape index (κ1) is 13.1. The van der Waals surface area contributed by atoms with Crippen LogP contribution in [0.25, 0.3) is 0 Å². The predicted molar refractivity (Wildman–Crippen MR) is 73.5 cm³/mol. The number of aryl methyl sites for hydroxylation is 1. The maximum atomic E-state index is 12.0. The fraction of sp³-hybridized carbons (Fsp3) is 0.533. The molecule has 1 aromatic rings. The summed E-state index contributed by atoms with van der Waals surface area (Å²) in [5.74, 6) is 0.336. The van der Waals surface area contributed by atoms with E-state index in [1.165, 1.54) is 11.1 Å². The zero-order valence-corrected chi connectivity index (χ0v) is 11.2. The van der Waals surface area contributed by atoms with Gasteiger partial charge in [-0.3, -0.25) is 4.79 Å². The van der Waals surface area contributed by atoms with E-state index in [4.69, 9.17) is 0 Å². The van der Waals surface area contributed by atoms with Crippen LogP contribution >= 0.6 is 0 Å². The van der Waals surface area contributed by atoms with Gasteiger partial charge in [-0.1, -0.05) is 29.8 Å². The Kier molecular flexibility index (Phi) is 4.37. The Balaban J connectivity index is 1.77. The van der Waals surface area contributed by atoms with Crippen LogP contribution in [0, 0.1) is 12.8 Å². The number of benzene rings is 1. The molecule has 1 aromatic carbocycles. The Bertz CT molecular complexity index is 417. The van der Waals surface area contributed by atoms with Crippen molar-refractivity contribution in [2.24, 2.45) is 5.92 Å². The van der Waals surface area contributed by atoms with E-state index in [1.807, 2.05) is 0 Å². The summed E-state index contributed by atoms with van der Waals surface area (Å²) in [5, 5.41) is 6.35. The van der Waals surface area contributed by atoms with Crippen molar-refractivity contribution < 1.29 is 4.79 Å². The molecule has 0 aliphatic carbocycles. The molecule has 0 aromatic heterocycles. The largest absolute Gasteiger partial charge is 0.355 e. The van der Waals surface area contributed by atoms with Crippen LogP contribution < -0.4 is 10.6 Å². The van der Waals surface area contributed by atoms with E-state index in [-0.39, 0.29) is 11.8 Å². The van der Waals surface area contributed by atoms with E-state index in [0.29, 0.717) is 6.04 Å². The van der Waals surface area contributed by atoms with Gasteiger partial charge in [-0.15, -0.1) is 0 Å². The number of nitrogens with one attached hydrogen (secondary N) is 2. The van der Waals surface area contributed by atoms with E-state index < -0.39 is 0 Å². The maximum absolute atomic E-state index is 12.0. The lowest BCUT2D eigenvalue weighted by Crippen LogP contribution is -2.37. The molecule has 1 saturated heterocycles. The van der Waals surface area contributed by atoms with E-state index in [2.05, 4.69) is 48.7 Å². The zero-order valence-electron chi connectivity index (χ0n) is 11.2. The van der Waals surface area contributed by atoms with Crippen molar-refractivity contribution in [1.82, 2.24) is 10.6 Å². The highest BCUT2D eigenvalue weighted by molar-refractivity contribution is 5.79. The van der Waals surface area contributed by atoms with Crippen LogP contribution in [-0.2, 0) is 11.2 Å². The van der Waals surface area contributed by atoms with Crippen molar-refractivity contribution in [2.75, 3.05) is 13.1 Å².